The molecule has 0 atom stereocenters. The van der Waals surface area contributed by atoms with E-state index < -0.39 is 17.3 Å². The van der Waals surface area contributed by atoms with E-state index in [0.717, 1.165) is 10.2 Å². The number of nitrogens with one attached hydrogen (secondary N) is 1. The van der Waals surface area contributed by atoms with Crippen molar-refractivity contribution in [3.8, 4) is 0 Å². The fourth-order valence-electron chi connectivity index (χ4n) is 0.983. The van der Waals surface area contributed by atoms with Crippen LogP contribution >= 0.6 is 15.9 Å². The Labute approximate surface area is 107 Å². The van der Waals surface area contributed by atoms with Crippen molar-refractivity contribution >= 4 is 33.6 Å². The van der Waals surface area contributed by atoms with Crippen LogP contribution in [-0.4, -0.2) is 22.0 Å². The first-order valence-electron chi connectivity index (χ1n) is 4.93. The predicted octanol–water partition coefficient (Wildman–Crippen LogP) is 2.20. The minimum absolute atomic E-state index is 0.338. The third-order valence-corrected chi connectivity index (χ3v) is 3.20. The summed E-state index contributed by atoms with van der Waals surface area (Å²) in [6.07, 6.45) is 0. The lowest BCUT2D eigenvalue weighted by Gasteiger charge is -2.18. The highest BCUT2D eigenvalue weighted by molar-refractivity contribution is 9.10. The molecule has 1 aromatic rings. The molecule has 1 heterocycles. The van der Waals surface area contributed by atoms with E-state index >= 15 is 0 Å². The summed E-state index contributed by atoms with van der Waals surface area (Å²) in [6.45, 7) is 4.47. The molecule has 6 heteroatoms. The van der Waals surface area contributed by atoms with Crippen molar-refractivity contribution in [3.05, 3.63) is 22.3 Å². The van der Waals surface area contributed by atoms with Gasteiger partial charge in [-0.1, -0.05) is 0 Å². The number of carboxylic acid groups (broad SMARTS) is 1. The van der Waals surface area contributed by atoms with Gasteiger partial charge in [0.05, 0.1) is 5.69 Å². The molecule has 1 amide bonds. The smallest absolute Gasteiger partial charge is 0.318 e. The van der Waals surface area contributed by atoms with E-state index in [1.165, 1.54) is 13.8 Å². The van der Waals surface area contributed by atoms with Gasteiger partial charge in [-0.25, -0.2) is 4.98 Å². The Bertz CT molecular complexity index is 472. The first-order chi connectivity index (χ1) is 7.75. The zero-order valence-electron chi connectivity index (χ0n) is 9.74. The number of nitrogens with zero attached hydrogens (tertiary/aromatic N) is 1. The summed E-state index contributed by atoms with van der Waals surface area (Å²) in [7, 11) is 0. The number of halogens is 1. The second-order valence-corrected chi connectivity index (χ2v) is 5.00. The van der Waals surface area contributed by atoms with Gasteiger partial charge in [0, 0.05) is 4.47 Å². The zero-order valence-corrected chi connectivity index (χ0v) is 11.3. The maximum Gasteiger partial charge on any atom is 0.318 e. The molecule has 0 aromatic carbocycles. The molecule has 0 saturated heterocycles. The monoisotopic (exact) mass is 300 g/mol. The predicted molar refractivity (Wildman–Crippen MR) is 66.7 cm³/mol. The van der Waals surface area contributed by atoms with E-state index in [4.69, 9.17) is 5.11 Å². The van der Waals surface area contributed by atoms with Gasteiger partial charge in [0.2, 0.25) is 5.91 Å². The van der Waals surface area contributed by atoms with Crippen molar-refractivity contribution in [3.63, 3.8) is 0 Å². The minimum atomic E-state index is -1.48. The lowest BCUT2D eigenvalue weighted by molar-refractivity contribution is -0.151. The molecule has 92 valence electrons. The lowest BCUT2D eigenvalue weighted by Crippen LogP contribution is -2.38. The summed E-state index contributed by atoms with van der Waals surface area (Å²) in [4.78, 5) is 26.7. The van der Waals surface area contributed by atoms with Crippen LogP contribution in [0.25, 0.3) is 0 Å². The van der Waals surface area contributed by atoms with Crippen LogP contribution in [0, 0.1) is 12.3 Å². The quantitative estimate of drug-likeness (QED) is 0.839. The van der Waals surface area contributed by atoms with Gasteiger partial charge in [-0.05, 0) is 48.8 Å². The van der Waals surface area contributed by atoms with Crippen molar-refractivity contribution in [1.82, 2.24) is 4.98 Å². The number of carbonyl (C=O) groups excluding carboxylic acids is 1. The molecule has 5 nitrogen and oxygen atoms in total. The van der Waals surface area contributed by atoms with Crippen LogP contribution in [0.5, 0.6) is 0 Å². The average Bonchev–Trinajstić information content (AvgIpc) is 2.23. The Hall–Kier alpha value is -1.43. The molecule has 0 aliphatic rings. The number of carbonyl (C=O) groups is 2. The standard InChI is InChI=1S/C11H13BrN2O3/c1-6-7(12)4-5-8(13-6)14-9(15)11(2,3)10(16)17/h4-5H,1-3H3,(H,16,17)(H,13,14,15). The topological polar surface area (TPSA) is 79.3 Å². The Balaban J connectivity index is 2.89. The number of aliphatic carboxylic acids is 1. The first kappa shape index (κ1) is 13.6. The van der Waals surface area contributed by atoms with Gasteiger partial charge >= 0.3 is 5.97 Å². The molecular weight excluding hydrogens is 288 g/mol. The summed E-state index contributed by atoms with van der Waals surface area (Å²) in [5, 5.41) is 11.4. The lowest BCUT2D eigenvalue weighted by atomic mass is 9.93. The summed E-state index contributed by atoms with van der Waals surface area (Å²) in [6, 6.07) is 3.35. The summed E-state index contributed by atoms with van der Waals surface area (Å²) >= 11 is 3.29. The Morgan fingerprint density at radius 3 is 2.47 bits per heavy atom. The molecule has 1 rings (SSSR count). The van der Waals surface area contributed by atoms with Gasteiger partial charge in [-0.15, -0.1) is 0 Å². The molecular formula is C11H13BrN2O3. The third kappa shape index (κ3) is 3.03. The maximum atomic E-state index is 11.7. The highest BCUT2D eigenvalue weighted by Crippen LogP contribution is 2.20. The molecule has 0 radical (unpaired) electrons. The van der Waals surface area contributed by atoms with Gasteiger partial charge in [-0.2, -0.15) is 0 Å². The Kier molecular flexibility index (Phi) is 3.87. The molecule has 0 fully saturated rings. The third-order valence-electron chi connectivity index (χ3n) is 2.37. The van der Waals surface area contributed by atoms with E-state index in [-0.39, 0.29) is 0 Å². The van der Waals surface area contributed by atoms with Crippen LogP contribution in [0.4, 0.5) is 5.82 Å². The Morgan fingerprint density at radius 1 is 1.41 bits per heavy atom. The molecule has 0 spiro atoms. The minimum Gasteiger partial charge on any atom is -0.480 e. The van der Waals surface area contributed by atoms with Crippen molar-refractivity contribution in [1.29, 1.82) is 0 Å². The molecule has 0 saturated carbocycles. The van der Waals surface area contributed by atoms with Gasteiger partial charge in [0.1, 0.15) is 11.2 Å². The summed E-state index contributed by atoms with van der Waals surface area (Å²) < 4.78 is 0.827. The number of hydrogen-bond acceptors (Lipinski definition) is 3. The number of pyridine rings is 1. The van der Waals surface area contributed by atoms with E-state index in [0.29, 0.717) is 5.82 Å². The second kappa shape index (κ2) is 4.83. The largest absolute Gasteiger partial charge is 0.480 e. The number of carboxylic acids is 1. The maximum absolute atomic E-state index is 11.7. The van der Waals surface area contributed by atoms with Gasteiger partial charge in [0.15, 0.2) is 0 Å². The van der Waals surface area contributed by atoms with Gasteiger partial charge in [0.25, 0.3) is 0 Å². The van der Waals surface area contributed by atoms with Gasteiger partial charge in [-0.3, -0.25) is 9.59 Å². The van der Waals surface area contributed by atoms with Crippen molar-refractivity contribution in [2.24, 2.45) is 5.41 Å². The second-order valence-electron chi connectivity index (χ2n) is 4.15. The van der Waals surface area contributed by atoms with Crippen LogP contribution < -0.4 is 5.32 Å². The van der Waals surface area contributed by atoms with Crippen LogP contribution in [0.15, 0.2) is 16.6 Å². The molecule has 2 N–H and O–H groups in total. The number of rotatable bonds is 3. The van der Waals surface area contributed by atoms with E-state index in [1.54, 1.807) is 19.1 Å². The highest BCUT2D eigenvalue weighted by Gasteiger charge is 2.36. The van der Waals surface area contributed by atoms with Crippen molar-refractivity contribution < 1.29 is 14.7 Å². The van der Waals surface area contributed by atoms with E-state index in [1.807, 2.05) is 0 Å². The van der Waals surface area contributed by atoms with Crippen LogP contribution in [0.3, 0.4) is 0 Å². The van der Waals surface area contributed by atoms with Crippen LogP contribution in [0.1, 0.15) is 19.5 Å². The zero-order chi connectivity index (χ0) is 13.2. The number of amides is 1. The fourth-order valence-corrected chi connectivity index (χ4v) is 1.20. The van der Waals surface area contributed by atoms with Crippen LogP contribution in [0.2, 0.25) is 0 Å². The summed E-state index contributed by atoms with van der Waals surface area (Å²) in [5.74, 6) is -1.44. The van der Waals surface area contributed by atoms with E-state index in [2.05, 4.69) is 26.2 Å². The molecule has 1 aromatic heterocycles. The van der Waals surface area contributed by atoms with Crippen molar-refractivity contribution in [2.45, 2.75) is 20.8 Å². The molecule has 0 aliphatic carbocycles. The first-order valence-corrected chi connectivity index (χ1v) is 5.72. The van der Waals surface area contributed by atoms with Crippen molar-refractivity contribution in [2.75, 3.05) is 5.32 Å². The number of aryl methyl sites for hydroxylation is 1. The SMILES string of the molecule is Cc1nc(NC(=O)C(C)(C)C(=O)O)ccc1Br. The highest BCUT2D eigenvalue weighted by atomic mass is 79.9. The normalized spacial score (nSPS) is 11.1. The fraction of sp³-hybridized carbons (Fsp3) is 0.364. The molecule has 17 heavy (non-hydrogen) atoms. The average molecular weight is 301 g/mol. The summed E-state index contributed by atoms with van der Waals surface area (Å²) in [5.41, 5.74) is -0.765. The molecule has 0 bridgehead atoms. The molecule has 0 aliphatic heterocycles. The number of aromatic nitrogens is 1. The number of anilines is 1. The number of hydrogen-bond donors (Lipinski definition) is 2. The van der Waals surface area contributed by atoms with E-state index in [9.17, 15) is 9.59 Å². The molecule has 0 unspecified atom stereocenters. The Morgan fingerprint density at radius 2 is 2.00 bits per heavy atom. The van der Waals surface area contributed by atoms with Crippen LogP contribution in [-0.2, 0) is 9.59 Å². The van der Waals surface area contributed by atoms with Gasteiger partial charge < -0.3 is 10.4 Å².